The van der Waals surface area contributed by atoms with Crippen LogP contribution in [0, 0.1) is 6.92 Å². The number of amides is 1. The van der Waals surface area contributed by atoms with Gasteiger partial charge in [0.25, 0.3) is 5.91 Å². The minimum Gasteiger partial charge on any atom is -0.354 e. The van der Waals surface area contributed by atoms with Gasteiger partial charge in [0.05, 0.1) is 0 Å². The molecule has 0 spiro atoms. The summed E-state index contributed by atoms with van der Waals surface area (Å²) in [5.74, 6) is 1.93. The molecule has 0 aliphatic carbocycles. The first kappa shape index (κ1) is 28.1. The summed E-state index contributed by atoms with van der Waals surface area (Å²) in [6, 6.07) is 6.32. The number of carbonyl (C=O) groups is 1. The molecule has 3 rings (SSSR count). The standard InChI is InChI=1S/C30H42N6O/c1-7-9-10-28(31-6)34-18-20-36(21-19-34)30(37)27-22-26(12-11-25(27)5)23-33-14-16-35(17-15-33)29(24(3)4)32-13-8-2/h7-13,22H,3,6,14-21,23H2,1-2,4-5H3/b9-7-,13-8-,28-10+,32-29?. The number of allylic oxidation sites excluding steroid dienone is 4. The number of nitrogens with zero attached hydrogens (tertiary/aromatic N) is 6. The first-order valence-electron chi connectivity index (χ1n) is 13.1. The molecule has 198 valence electrons. The highest BCUT2D eigenvalue weighted by molar-refractivity contribution is 5.97. The Balaban J connectivity index is 1.60. The lowest BCUT2D eigenvalue weighted by Crippen LogP contribution is -2.48. The monoisotopic (exact) mass is 502 g/mol. The van der Waals surface area contributed by atoms with Crippen molar-refractivity contribution in [2.75, 3.05) is 52.4 Å². The quantitative estimate of drug-likeness (QED) is 0.299. The molecule has 0 unspecified atom stereocenters. The molecule has 0 radical (unpaired) electrons. The molecule has 1 aromatic rings. The smallest absolute Gasteiger partial charge is 0.254 e. The average molecular weight is 503 g/mol. The predicted molar refractivity (Wildman–Crippen MR) is 155 cm³/mol. The number of hydrogen-bond donors (Lipinski definition) is 0. The van der Waals surface area contributed by atoms with Crippen LogP contribution in [0.1, 0.15) is 42.3 Å². The van der Waals surface area contributed by atoms with Crippen LogP contribution in [0.5, 0.6) is 0 Å². The van der Waals surface area contributed by atoms with Crippen LogP contribution >= 0.6 is 0 Å². The van der Waals surface area contributed by atoms with E-state index in [0.29, 0.717) is 13.1 Å². The summed E-state index contributed by atoms with van der Waals surface area (Å²) in [5, 5.41) is 0. The lowest BCUT2D eigenvalue weighted by molar-refractivity contribution is 0.0668. The van der Waals surface area contributed by atoms with E-state index in [0.717, 1.165) is 74.2 Å². The van der Waals surface area contributed by atoms with Crippen LogP contribution < -0.4 is 0 Å². The topological polar surface area (TPSA) is 54.8 Å². The summed E-state index contributed by atoms with van der Waals surface area (Å²) < 4.78 is 0. The van der Waals surface area contributed by atoms with E-state index in [4.69, 9.17) is 0 Å². The van der Waals surface area contributed by atoms with Gasteiger partial charge in [-0.1, -0.05) is 36.9 Å². The van der Waals surface area contributed by atoms with Gasteiger partial charge in [0, 0.05) is 70.7 Å². The van der Waals surface area contributed by atoms with Gasteiger partial charge in [-0.15, -0.1) is 0 Å². The minimum atomic E-state index is 0.112. The molecule has 2 aliphatic rings. The molecule has 7 nitrogen and oxygen atoms in total. The van der Waals surface area contributed by atoms with Gasteiger partial charge < -0.3 is 14.7 Å². The largest absolute Gasteiger partial charge is 0.354 e. The van der Waals surface area contributed by atoms with Crippen LogP contribution in [0.4, 0.5) is 0 Å². The molecule has 1 amide bonds. The first-order valence-corrected chi connectivity index (χ1v) is 13.1. The van der Waals surface area contributed by atoms with Crippen molar-refractivity contribution in [3.05, 3.63) is 83.4 Å². The number of rotatable bonds is 8. The third-order valence-corrected chi connectivity index (χ3v) is 6.83. The third kappa shape index (κ3) is 7.52. The minimum absolute atomic E-state index is 0.112. The molecule has 2 heterocycles. The molecule has 37 heavy (non-hydrogen) atoms. The predicted octanol–water partition coefficient (Wildman–Crippen LogP) is 4.50. The van der Waals surface area contributed by atoms with Crippen molar-refractivity contribution in [3.8, 4) is 0 Å². The number of amidine groups is 1. The number of aliphatic imine (C=N–C) groups is 2. The molecule has 0 N–H and O–H groups in total. The van der Waals surface area contributed by atoms with Crippen molar-refractivity contribution >= 4 is 18.5 Å². The summed E-state index contributed by atoms with van der Waals surface area (Å²) in [5.41, 5.74) is 3.99. The molecular weight excluding hydrogens is 460 g/mol. The summed E-state index contributed by atoms with van der Waals surface area (Å²) in [7, 11) is 0. The number of aryl methyl sites for hydroxylation is 1. The van der Waals surface area contributed by atoms with Crippen LogP contribution in [0.25, 0.3) is 0 Å². The van der Waals surface area contributed by atoms with E-state index in [2.05, 4.69) is 56.2 Å². The fourth-order valence-corrected chi connectivity index (χ4v) is 4.73. The highest BCUT2D eigenvalue weighted by Crippen LogP contribution is 2.19. The van der Waals surface area contributed by atoms with Gasteiger partial charge in [-0.2, -0.15) is 0 Å². The van der Waals surface area contributed by atoms with E-state index in [1.165, 1.54) is 5.56 Å². The lowest BCUT2D eigenvalue weighted by Gasteiger charge is -2.37. The number of benzene rings is 1. The molecule has 0 saturated carbocycles. The highest BCUT2D eigenvalue weighted by atomic mass is 16.2. The van der Waals surface area contributed by atoms with Crippen LogP contribution in [0.2, 0.25) is 0 Å². The zero-order valence-corrected chi connectivity index (χ0v) is 23.0. The van der Waals surface area contributed by atoms with Gasteiger partial charge in [-0.05, 0) is 63.3 Å². The Hall–Kier alpha value is -3.45. The summed E-state index contributed by atoms with van der Waals surface area (Å²) in [4.78, 5) is 31.1. The van der Waals surface area contributed by atoms with Crippen molar-refractivity contribution in [2.24, 2.45) is 9.98 Å². The molecule has 0 atom stereocenters. The Kier molecular flexibility index (Phi) is 10.4. The SMILES string of the molecule is C=N/C(=C\C=C/C)N1CCN(C(=O)c2cc(CN3CCN(C(=N/C=C\C)C(=C)C)CC3)ccc2C)CC1. The summed E-state index contributed by atoms with van der Waals surface area (Å²) >= 11 is 0. The second-order valence-electron chi connectivity index (χ2n) is 9.62. The van der Waals surface area contributed by atoms with Crippen LogP contribution in [-0.4, -0.2) is 90.4 Å². The second kappa shape index (κ2) is 13.7. The molecule has 2 fully saturated rings. The molecule has 2 saturated heterocycles. The number of carbonyl (C=O) groups excluding carboxylic acids is 1. The van der Waals surface area contributed by atoms with Gasteiger partial charge in [0.15, 0.2) is 0 Å². The van der Waals surface area contributed by atoms with Gasteiger partial charge in [-0.25, -0.2) is 9.98 Å². The summed E-state index contributed by atoms with van der Waals surface area (Å²) in [6.45, 7) is 23.2. The van der Waals surface area contributed by atoms with Gasteiger partial charge >= 0.3 is 0 Å². The van der Waals surface area contributed by atoms with Crippen molar-refractivity contribution in [1.82, 2.24) is 19.6 Å². The molecular formula is C30H42N6O. The molecule has 2 aliphatic heterocycles. The second-order valence-corrected chi connectivity index (χ2v) is 9.62. The van der Waals surface area contributed by atoms with Crippen molar-refractivity contribution in [3.63, 3.8) is 0 Å². The van der Waals surface area contributed by atoms with Crippen LogP contribution in [0.3, 0.4) is 0 Å². The average Bonchev–Trinajstić information content (AvgIpc) is 2.91. The Bertz CT molecular complexity index is 1080. The Labute approximate surface area is 222 Å². The normalized spacial score (nSPS) is 18.2. The van der Waals surface area contributed by atoms with Gasteiger partial charge in [0.1, 0.15) is 11.7 Å². The van der Waals surface area contributed by atoms with Crippen molar-refractivity contribution in [2.45, 2.75) is 34.2 Å². The van der Waals surface area contributed by atoms with E-state index in [9.17, 15) is 4.79 Å². The Morgan fingerprint density at radius 2 is 1.62 bits per heavy atom. The van der Waals surface area contributed by atoms with Crippen LogP contribution in [0.15, 0.2) is 76.7 Å². The van der Waals surface area contributed by atoms with E-state index in [1.807, 2.05) is 63.1 Å². The number of piperazine rings is 2. The fraction of sp³-hybridized carbons (Fsp3) is 0.433. The molecule has 0 bridgehead atoms. The molecule has 1 aromatic carbocycles. The third-order valence-electron chi connectivity index (χ3n) is 6.83. The first-order chi connectivity index (χ1) is 17.9. The van der Waals surface area contributed by atoms with Crippen molar-refractivity contribution < 1.29 is 4.79 Å². The van der Waals surface area contributed by atoms with E-state index < -0.39 is 0 Å². The zero-order chi connectivity index (χ0) is 26.8. The lowest BCUT2D eigenvalue weighted by atomic mass is 10.0. The van der Waals surface area contributed by atoms with Gasteiger partial charge in [-0.3, -0.25) is 9.69 Å². The summed E-state index contributed by atoms with van der Waals surface area (Å²) in [6.07, 6.45) is 9.67. The number of hydrogen-bond acceptors (Lipinski definition) is 5. The van der Waals surface area contributed by atoms with Crippen molar-refractivity contribution in [1.29, 1.82) is 0 Å². The zero-order valence-electron chi connectivity index (χ0n) is 23.0. The van der Waals surface area contributed by atoms with Crippen LogP contribution in [-0.2, 0) is 6.54 Å². The maximum atomic E-state index is 13.4. The molecule has 7 heteroatoms. The highest BCUT2D eigenvalue weighted by Gasteiger charge is 2.25. The maximum Gasteiger partial charge on any atom is 0.254 e. The Morgan fingerprint density at radius 3 is 2.22 bits per heavy atom. The fourth-order valence-electron chi connectivity index (χ4n) is 4.73. The van der Waals surface area contributed by atoms with E-state index in [-0.39, 0.29) is 5.91 Å². The van der Waals surface area contributed by atoms with E-state index in [1.54, 1.807) is 0 Å². The molecule has 0 aromatic heterocycles. The van der Waals surface area contributed by atoms with Gasteiger partial charge in [0.2, 0.25) is 0 Å². The maximum absolute atomic E-state index is 13.4. The van der Waals surface area contributed by atoms with E-state index >= 15 is 0 Å². The Morgan fingerprint density at radius 1 is 0.973 bits per heavy atom.